The van der Waals surface area contributed by atoms with Gasteiger partial charge in [0.1, 0.15) is 17.6 Å². The minimum Gasteiger partial charge on any atom is -0.378 e. The summed E-state index contributed by atoms with van der Waals surface area (Å²) >= 11 is 0. The Morgan fingerprint density at radius 2 is 1.85 bits per heavy atom. The SMILES string of the molecule is CO[C@@H]1C[C@H](c2ccccc2)c2c1nc1cc(F)c(-c3cnc(N4CCOCC4)nc3)cn21. The van der Waals surface area contributed by atoms with Crippen LogP contribution in [0.1, 0.15) is 35.4 Å². The first-order valence-corrected chi connectivity index (χ1v) is 11.2. The first-order chi connectivity index (χ1) is 16.2. The third-order valence-corrected chi connectivity index (χ3v) is 6.59. The summed E-state index contributed by atoms with van der Waals surface area (Å²) in [6.45, 7) is 2.82. The molecule has 33 heavy (non-hydrogen) atoms. The van der Waals surface area contributed by atoms with E-state index in [0.717, 1.165) is 30.9 Å². The minimum atomic E-state index is -0.348. The minimum absolute atomic E-state index is 0.118. The number of benzene rings is 1. The normalized spacial score (nSPS) is 20.4. The van der Waals surface area contributed by atoms with Gasteiger partial charge in [-0.15, -0.1) is 0 Å². The molecule has 0 bridgehead atoms. The number of ether oxygens (including phenoxy) is 2. The third-order valence-electron chi connectivity index (χ3n) is 6.59. The van der Waals surface area contributed by atoms with Gasteiger partial charge in [-0.3, -0.25) is 0 Å². The quantitative estimate of drug-likeness (QED) is 0.473. The number of methoxy groups -OCH3 is 1. The molecule has 0 radical (unpaired) electrons. The molecule has 0 spiro atoms. The highest BCUT2D eigenvalue weighted by Crippen LogP contribution is 2.46. The molecule has 2 atom stereocenters. The maximum atomic E-state index is 15.2. The Morgan fingerprint density at radius 3 is 2.58 bits per heavy atom. The van der Waals surface area contributed by atoms with Crippen molar-refractivity contribution in [2.75, 3.05) is 38.3 Å². The fourth-order valence-electron chi connectivity index (χ4n) is 4.91. The van der Waals surface area contributed by atoms with E-state index in [9.17, 15) is 0 Å². The predicted molar refractivity (Wildman–Crippen MR) is 122 cm³/mol. The lowest BCUT2D eigenvalue weighted by molar-refractivity contribution is 0.0995. The van der Waals surface area contributed by atoms with E-state index in [4.69, 9.17) is 14.5 Å². The van der Waals surface area contributed by atoms with Gasteiger partial charge >= 0.3 is 0 Å². The number of hydrogen-bond donors (Lipinski definition) is 0. The Hall–Kier alpha value is -3.36. The second-order valence-corrected chi connectivity index (χ2v) is 8.44. The monoisotopic (exact) mass is 445 g/mol. The molecule has 4 aromatic rings. The fraction of sp³-hybridized carbons (Fsp3) is 0.320. The number of anilines is 1. The van der Waals surface area contributed by atoms with Crippen molar-refractivity contribution >= 4 is 11.6 Å². The van der Waals surface area contributed by atoms with Gasteiger partial charge in [-0.05, 0) is 12.0 Å². The van der Waals surface area contributed by atoms with Gasteiger partial charge in [-0.2, -0.15) is 0 Å². The van der Waals surface area contributed by atoms with Gasteiger partial charge in [-0.25, -0.2) is 19.3 Å². The molecule has 1 aliphatic carbocycles. The lowest BCUT2D eigenvalue weighted by Crippen LogP contribution is -2.37. The number of morpholine rings is 1. The van der Waals surface area contributed by atoms with Crippen LogP contribution in [-0.4, -0.2) is 52.8 Å². The number of halogens is 1. The van der Waals surface area contributed by atoms with Crippen molar-refractivity contribution < 1.29 is 13.9 Å². The van der Waals surface area contributed by atoms with Crippen LogP contribution in [0.4, 0.5) is 10.3 Å². The highest BCUT2D eigenvalue weighted by molar-refractivity contribution is 5.65. The van der Waals surface area contributed by atoms with Crippen LogP contribution in [0.3, 0.4) is 0 Å². The first kappa shape index (κ1) is 20.3. The highest BCUT2D eigenvalue weighted by Gasteiger charge is 2.37. The Morgan fingerprint density at radius 1 is 1.09 bits per heavy atom. The molecule has 7 nitrogen and oxygen atoms in total. The zero-order chi connectivity index (χ0) is 22.4. The van der Waals surface area contributed by atoms with Gasteiger partial charge in [0.15, 0.2) is 0 Å². The second kappa shape index (κ2) is 8.20. The molecule has 6 rings (SSSR count). The average molecular weight is 445 g/mol. The summed E-state index contributed by atoms with van der Waals surface area (Å²) in [6.07, 6.45) is 5.88. The summed E-state index contributed by atoms with van der Waals surface area (Å²) in [7, 11) is 1.70. The number of pyridine rings is 1. The number of imidazole rings is 1. The summed E-state index contributed by atoms with van der Waals surface area (Å²) in [5.41, 5.74) is 4.78. The number of aromatic nitrogens is 4. The van der Waals surface area contributed by atoms with Gasteiger partial charge in [-0.1, -0.05) is 30.3 Å². The van der Waals surface area contributed by atoms with Crippen LogP contribution >= 0.6 is 0 Å². The van der Waals surface area contributed by atoms with Crippen molar-refractivity contribution in [1.29, 1.82) is 0 Å². The van der Waals surface area contributed by atoms with Crippen molar-refractivity contribution in [3.8, 4) is 11.1 Å². The molecule has 0 unspecified atom stereocenters. The topological polar surface area (TPSA) is 64.8 Å². The van der Waals surface area contributed by atoms with Crippen LogP contribution in [0.15, 0.2) is 55.0 Å². The molecule has 1 aromatic carbocycles. The molecular formula is C25H24FN5O2. The molecule has 8 heteroatoms. The molecule has 0 saturated carbocycles. The first-order valence-electron chi connectivity index (χ1n) is 11.2. The molecule has 4 heterocycles. The maximum absolute atomic E-state index is 15.2. The van der Waals surface area contributed by atoms with Gasteiger partial charge in [0, 0.05) is 61.9 Å². The van der Waals surface area contributed by atoms with Crippen molar-refractivity contribution in [2.24, 2.45) is 0 Å². The largest absolute Gasteiger partial charge is 0.378 e. The Bertz CT molecular complexity index is 1290. The van der Waals surface area contributed by atoms with E-state index in [-0.39, 0.29) is 17.8 Å². The number of fused-ring (bicyclic) bond motifs is 3. The molecular weight excluding hydrogens is 421 g/mol. The number of hydrogen-bond acceptors (Lipinski definition) is 6. The van der Waals surface area contributed by atoms with E-state index in [1.165, 1.54) is 11.6 Å². The number of rotatable bonds is 4. The van der Waals surface area contributed by atoms with Gasteiger partial charge in [0.25, 0.3) is 0 Å². The second-order valence-electron chi connectivity index (χ2n) is 8.44. The molecule has 168 valence electrons. The van der Waals surface area contributed by atoms with E-state index in [0.29, 0.717) is 35.9 Å². The fourth-order valence-corrected chi connectivity index (χ4v) is 4.91. The van der Waals surface area contributed by atoms with Crippen LogP contribution in [0.5, 0.6) is 0 Å². The van der Waals surface area contributed by atoms with E-state index >= 15 is 4.39 Å². The standard InChI is InChI=1S/C25H24FN5O2/c1-32-21-11-18(16-5-3-2-4-6-16)24-23(21)29-22-12-20(26)19(15-31(22)24)17-13-27-25(28-14-17)30-7-9-33-10-8-30/h2-6,12-15,18,21H,7-11H2,1H3/t18-,21-/m1/s1. The maximum Gasteiger partial charge on any atom is 0.225 e. The van der Waals surface area contributed by atoms with Gasteiger partial charge in [0.05, 0.1) is 24.6 Å². The smallest absolute Gasteiger partial charge is 0.225 e. The molecule has 2 aliphatic rings. The van der Waals surface area contributed by atoms with Crippen molar-refractivity contribution in [1.82, 2.24) is 19.4 Å². The van der Waals surface area contributed by atoms with Gasteiger partial charge in [0.2, 0.25) is 5.95 Å². The van der Waals surface area contributed by atoms with Crippen LogP contribution < -0.4 is 4.90 Å². The molecule has 3 aromatic heterocycles. The highest BCUT2D eigenvalue weighted by atomic mass is 19.1. The van der Waals surface area contributed by atoms with Crippen molar-refractivity contribution in [3.63, 3.8) is 0 Å². The lowest BCUT2D eigenvalue weighted by atomic mass is 9.96. The zero-order valence-corrected chi connectivity index (χ0v) is 18.3. The van der Waals surface area contributed by atoms with Crippen molar-refractivity contribution in [2.45, 2.75) is 18.4 Å². The van der Waals surface area contributed by atoms with E-state index < -0.39 is 0 Å². The summed E-state index contributed by atoms with van der Waals surface area (Å²) in [5, 5.41) is 0. The average Bonchev–Trinajstić information content (AvgIpc) is 3.41. The van der Waals surface area contributed by atoms with E-state index in [1.54, 1.807) is 19.5 Å². The summed E-state index contributed by atoms with van der Waals surface area (Å²) < 4.78 is 28.3. The summed E-state index contributed by atoms with van der Waals surface area (Å²) in [6, 6.07) is 11.8. The predicted octanol–water partition coefficient (Wildman–Crippen LogP) is 3.99. The van der Waals surface area contributed by atoms with Crippen LogP contribution in [0.2, 0.25) is 0 Å². The van der Waals surface area contributed by atoms with E-state index in [1.807, 2.05) is 28.8 Å². The Balaban J connectivity index is 1.43. The lowest BCUT2D eigenvalue weighted by Gasteiger charge is -2.26. The Kier molecular flexibility index (Phi) is 5.04. The van der Waals surface area contributed by atoms with Gasteiger partial charge < -0.3 is 18.8 Å². The van der Waals surface area contributed by atoms with Crippen molar-refractivity contribution in [3.05, 3.63) is 77.8 Å². The summed E-state index contributed by atoms with van der Waals surface area (Å²) in [5.74, 6) is 0.415. The molecule has 1 fully saturated rings. The summed E-state index contributed by atoms with van der Waals surface area (Å²) in [4.78, 5) is 15.8. The third kappa shape index (κ3) is 3.46. The number of nitrogens with zero attached hydrogens (tertiary/aromatic N) is 5. The van der Waals surface area contributed by atoms with E-state index in [2.05, 4.69) is 27.0 Å². The molecule has 0 N–H and O–H groups in total. The van der Waals surface area contributed by atoms with Crippen LogP contribution in [0, 0.1) is 5.82 Å². The van der Waals surface area contributed by atoms with Crippen LogP contribution in [0.25, 0.3) is 16.8 Å². The van der Waals surface area contributed by atoms with Crippen LogP contribution in [-0.2, 0) is 9.47 Å². The molecule has 1 saturated heterocycles. The molecule has 0 amide bonds. The zero-order valence-electron chi connectivity index (χ0n) is 18.3. The molecule has 1 aliphatic heterocycles. The Labute approximate surface area is 190 Å².